The summed E-state index contributed by atoms with van der Waals surface area (Å²) in [6.07, 6.45) is -1.34. The van der Waals surface area contributed by atoms with Crippen LogP contribution in [0.5, 0.6) is 0 Å². The van der Waals surface area contributed by atoms with Gasteiger partial charge in [-0.05, 0) is 11.0 Å². The predicted octanol–water partition coefficient (Wildman–Crippen LogP) is 2.52. The number of alkyl halides is 3. The minimum atomic E-state index is -5.06. The van der Waals surface area contributed by atoms with Gasteiger partial charge in [-0.3, -0.25) is 10.1 Å². The quantitative estimate of drug-likeness (QED) is 0.0953. The Morgan fingerprint density at radius 1 is 1.39 bits per heavy atom. The Morgan fingerprint density at radius 2 is 2.13 bits per heavy atom. The van der Waals surface area contributed by atoms with Gasteiger partial charge < -0.3 is 23.4 Å². The molecule has 10 nitrogen and oxygen atoms in total. The minimum Gasteiger partial charge on any atom is -0.421 e. The monoisotopic (exact) mass is 572 g/mol. The van der Waals surface area contributed by atoms with Gasteiger partial charge in [0.05, 0.1) is 35.9 Å². The second-order valence-electron chi connectivity index (χ2n) is 10.0. The van der Waals surface area contributed by atoms with Crippen molar-refractivity contribution in [1.82, 2.24) is 24.8 Å². The number of amides is 1. The van der Waals surface area contributed by atoms with Crippen LogP contribution in [0.15, 0.2) is 17.5 Å². The topological polar surface area (TPSA) is 103 Å². The number of ether oxygens (including phenoxy) is 2. The van der Waals surface area contributed by atoms with Gasteiger partial charge in [0, 0.05) is 32.8 Å². The molecule has 1 N–H and O–H groups in total. The van der Waals surface area contributed by atoms with E-state index in [-0.39, 0.29) is 34.6 Å². The van der Waals surface area contributed by atoms with Crippen LogP contribution in [0.25, 0.3) is 11.0 Å². The van der Waals surface area contributed by atoms with E-state index in [2.05, 4.69) is 60.3 Å². The number of thiol groups is 1. The van der Waals surface area contributed by atoms with Crippen LogP contribution in [-0.2, 0) is 18.7 Å². The highest BCUT2D eigenvalue weighted by Crippen LogP contribution is 2.36. The first-order valence-corrected chi connectivity index (χ1v) is 13.6. The maximum absolute atomic E-state index is 12.6. The summed E-state index contributed by atoms with van der Waals surface area (Å²) in [7, 11) is 2.74. The van der Waals surface area contributed by atoms with Crippen LogP contribution in [0.4, 0.5) is 19.0 Å². The van der Waals surface area contributed by atoms with Crippen molar-refractivity contribution in [2.75, 3.05) is 26.6 Å². The van der Waals surface area contributed by atoms with Gasteiger partial charge in [0.25, 0.3) is 0 Å². The Kier molecular flexibility index (Phi) is 9.82. The SMILES string of the molecule is CN(C)/C=N/c1ncnc2c1c(C#CNC(=O)C(F)(F)F)cn2[C@H]1CC(OCS)C(CO[SiH2]C(C)(C)C)O1. The summed E-state index contributed by atoms with van der Waals surface area (Å²) < 4.78 is 57.6. The van der Waals surface area contributed by atoms with Gasteiger partial charge >= 0.3 is 12.1 Å². The molecule has 3 rings (SSSR count). The highest BCUT2D eigenvalue weighted by molar-refractivity contribution is 7.80. The maximum atomic E-state index is 12.6. The second kappa shape index (κ2) is 12.5. The number of rotatable bonds is 8. The number of fused-ring (bicyclic) bond motifs is 1. The predicted molar refractivity (Wildman–Crippen MR) is 142 cm³/mol. The highest BCUT2D eigenvalue weighted by Gasteiger charge is 2.39. The standard InChI is InChI=1S/C23H31F3N6O4SSi/c1-22(2,3)38-35-10-16-15(34-13-37)8-17(36-16)32-9-14(6-7-27-21(33)23(24,25)26)18-19(30-12-31(4)5)28-11-29-20(18)32/h9,11-12,15-17,37H,8,10,13,38H2,1-5H3,(H,27,33)/b30-12+/t15?,16?,17-/m1/s1. The number of aliphatic imine (C=N–C) groups is 1. The van der Waals surface area contributed by atoms with Crippen LogP contribution in [0, 0.1) is 12.0 Å². The molecule has 0 spiro atoms. The molecule has 2 unspecified atom stereocenters. The summed E-state index contributed by atoms with van der Waals surface area (Å²) >= 11 is 4.19. The number of hydrogen-bond acceptors (Lipinski definition) is 8. The number of nitrogens with one attached hydrogen (secondary N) is 1. The lowest BCUT2D eigenvalue weighted by atomic mass is 10.2. The molecular formula is C23H31F3N6O4SSi. The number of nitrogens with zero attached hydrogens (tertiary/aromatic N) is 5. The third kappa shape index (κ3) is 7.93. The van der Waals surface area contributed by atoms with E-state index in [0.717, 1.165) is 0 Å². The van der Waals surface area contributed by atoms with Gasteiger partial charge in [0.15, 0.2) is 15.6 Å². The number of halogens is 3. The lowest BCUT2D eigenvalue weighted by Gasteiger charge is -2.22. The molecule has 1 fully saturated rings. The highest BCUT2D eigenvalue weighted by atomic mass is 32.1. The molecule has 2 aromatic heterocycles. The van der Waals surface area contributed by atoms with Crippen LogP contribution >= 0.6 is 12.6 Å². The summed E-state index contributed by atoms with van der Waals surface area (Å²) in [4.78, 5) is 25.8. The molecule has 0 aromatic carbocycles. The lowest BCUT2D eigenvalue weighted by Crippen LogP contribution is -2.33. The number of carbonyl (C=O) groups is 1. The van der Waals surface area contributed by atoms with E-state index in [1.807, 2.05) is 0 Å². The van der Waals surface area contributed by atoms with Crippen molar-refractivity contribution in [3.05, 3.63) is 18.1 Å². The Labute approximate surface area is 226 Å². The van der Waals surface area contributed by atoms with Crippen LogP contribution in [0.1, 0.15) is 39.0 Å². The molecular weight excluding hydrogens is 541 g/mol. The minimum absolute atomic E-state index is 0.115. The largest absolute Gasteiger partial charge is 0.472 e. The molecule has 1 saturated heterocycles. The van der Waals surface area contributed by atoms with E-state index in [1.54, 1.807) is 35.1 Å². The summed E-state index contributed by atoms with van der Waals surface area (Å²) in [5.41, 5.74) is 0.682. The Morgan fingerprint density at radius 3 is 2.76 bits per heavy atom. The molecule has 0 aliphatic carbocycles. The Bertz CT molecular complexity index is 1220. The summed E-state index contributed by atoms with van der Waals surface area (Å²) in [5.74, 6) is 0.861. The van der Waals surface area contributed by atoms with Crippen molar-refractivity contribution in [3.8, 4) is 12.0 Å². The molecule has 3 heterocycles. The average Bonchev–Trinajstić information content (AvgIpc) is 3.38. The van der Waals surface area contributed by atoms with Crippen molar-refractivity contribution in [3.63, 3.8) is 0 Å². The smallest absolute Gasteiger partial charge is 0.421 e. The first-order chi connectivity index (χ1) is 17.8. The molecule has 0 radical (unpaired) electrons. The van der Waals surface area contributed by atoms with Crippen molar-refractivity contribution in [2.24, 2.45) is 4.99 Å². The maximum Gasteiger partial charge on any atom is 0.472 e. The van der Waals surface area contributed by atoms with Crippen LogP contribution in [0.3, 0.4) is 0 Å². The van der Waals surface area contributed by atoms with Gasteiger partial charge in [0.2, 0.25) is 0 Å². The van der Waals surface area contributed by atoms with E-state index in [0.29, 0.717) is 24.1 Å². The Hall–Kier alpha value is -2.64. The first-order valence-electron chi connectivity index (χ1n) is 11.7. The molecule has 15 heteroatoms. The second-order valence-corrected chi connectivity index (χ2v) is 13.1. The van der Waals surface area contributed by atoms with E-state index in [1.165, 1.54) is 12.7 Å². The zero-order valence-electron chi connectivity index (χ0n) is 21.7. The fourth-order valence-electron chi connectivity index (χ4n) is 3.65. The molecule has 1 aliphatic rings. The number of hydrogen-bond donors (Lipinski definition) is 2. The molecule has 1 amide bonds. The number of aromatic nitrogens is 3. The fourth-order valence-corrected chi connectivity index (χ4v) is 4.80. The van der Waals surface area contributed by atoms with Crippen molar-refractivity contribution < 1.29 is 31.9 Å². The normalized spacial score (nSPS) is 20.4. The van der Waals surface area contributed by atoms with Crippen LogP contribution < -0.4 is 5.32 Å². The fraction of sp³-hybridized carbons (Fsp3) is 0.565. The van der Waals surface area contributed by atoms with Gasteiger partial charge in [-0.25, -0.2) is 15.0 Å². The molecule has 1 aliphatic heterocycles. The molecule has 208 valence electrons. The molecule has 3 atom stereocenters. The zero-order valence-corrected chi connectivity index (χ0v) is 24.1. The Balaban J connectivity index is 1.98. The van der Waals surface area contributed by atoms with E-state index < -0.39 is 28.1 Å². The first kappa shape index (κ1) is 29.9. The third-order valence-electron chi connectivity index (χ3n) is 5.23. The number of carbonyl (C=O) groups excluding carboxylic acids is 1. The van der Waals surface area contributed by atoms with E-state index in [4.69, 9.17) is 13.9 Å². The van der Waals surface area contributed by atoms with Crippen LogP contribution in [0.2, 0.25) is 5.04 Å². The van der Waals surface area contributed by atoms with Gasteiger partial charge in [-0.2, -0.15) is 25.8 Å². The van der Waals surface area contributed by atoms with Crippen LogP contribution in [-0.4, -0.2) is 86.5 Å². The van der Waals surface area contributed by atoms with Gasteiger partial charge in [-0.1, -0.05) is 20.8 Å². The van der Waals surface area contributed by atoms with E-state index >= 15 is 0 Å². The molecule has 0 bridgehead atoms. The average molecular weight is 573 g/mol. The summed E-state index contributed by atoms with van der Waals surface area (Å²) in [5, 5.41) is 2.07. The third-order valence-corrected chi connectivity index (χ3v) is 6.68. The van der Waals surface area contributed by atoms with Crippen molar-refractivity contribution in [1.29, 1.82) is 0 Å². The summed E-state index contributed by atoms with van der Waals surface area (Å²) in [6.45, 7) is 6.74. The lowest BCUT2D eigenvalue weighted by molar-refractivity contribution is -0.172. The van der Waals surface area contributed by atoms with Crippen molar-refractivity contribution in [2.45, 2.75) is 56.8 Å². The van der Waals surface area contributed by atoms with E-state index in [9.17, 15) is 18.0 Å². The molecule has 2 aromatic rings. The zero-order chi connectivity index (χ0) is 28.1. The molecule has 38 heavy (non-hydrogen) atoms. The van der Waals surface area contributed by atoms with Gasteiger partial charge in [0.1, 0.15) is 24.3 Å². The molecule has 0 saturated carbocycles. The van der Waals surface area contributed by atoms with Crippen molar-refractivity contribution >= 4 is 51.5 Å². The van der Waals surface area contributed by atoms with Gasteiger partial charge in [-0.15, -0.1) is 0 Å². The summed E-state index contributed by atoms with van der Waals surface area (Å²) in [6, 6.07) is 2.08.